The second kappa shape index (κ2) is 5.49. The van der Waals surface area contributed by atoms with Crippen molar-refractivity contribution in [1.29, 1.82) is 0 Å². The number of amidine groups is 1. The summed E-state index contributed by atoms with van der Waals surface area (Å²) in [7, 11) is 1.66. The molecule has 1 heterocycles. The number of aryl methyl sites for hydroxylation is 2. The molecule has 2 aromatic rings. The first-order valence-electron chi connectivity index (χ1n) is 5.58. The van der Waals surface area contributed by atoms with E-state index < -0.39 is 5.82 Å². The van der Waals surface area contributed by atoms with Crippen LogP contribution in [0, 0.1) is 12.7 Å². The van der Waals surface area contributed by atoms with Crippen molar-refractivity contribution in [3.8, 4) is 11.6 Å². The summed E-state index contributed by atoms with van der Waals surface area (Å²) in [4.78, 5) is 0. The fourth-order valence-electron chi connectivity index (χ4n) is 1.75. The average Bonchev–Trinajstić information content (AvgIpc) is 2.68. The highest BCUT2D eigenvalue weighted by atomic mass is 79.9. The van der Waals surface area contributed by atoms with Gasteiger partial charge in [0.2, 0.25) is 5.88 Å². The number of rotatable bonds is 3. The van der Waals surface area contributed by atoms with Crippen LogP contribution in [-0.4, -0.2) is 20.8 Å². The van der Waals surface area contributed by atoms with E-state index in [0.717, 1.165) is 0 Å². The van der Waals surface area contributed by atoms with Crippen molar-refractivity contribution < 1.29 is 14.3 Å². The molecule has 0 radical (unpaired) electrons. The predicted octanol–water partition coefficient (Wildman–Crippen LogP) is 2.52. The van der Waals surface area contributed by atoms with E-state index in [0.29, 0.717) is 22.9 Å². The van der Waals surface area contributed by atoms with Crippen LogP contribution in [0.2, 0.25) is 0 Å². The van der Waals surface area contributed by atoms with Crippen molar-refractivity contribution >= 4 is 21.8 Å². The first kappa shape index (κ1) is 14.3. The molecule has 2 rings (SSSR count). The fourth-order valence-corrected chi connectivity index (χ4v) is 2.11. The van der Waals surface area contributed by atoms with E-state index in [1.54, 1.807) is 14.0 Å². The van der Waals surface area contributed by atoms with Gasteiger partial charge >= 0.3 is 0 Å². The second-order valence-corrected chi connectivity index (χ2v) is 4.91. The van der Waals surface area contributed by atoms with E-state index in [2.05, 4.69) is 26.2 Å². The number of ether oxygens (including phenoxy) is 1. The summed E-state index contributed by atoms with van der Waals surface area (Å²) in [5, 5.41) is 15.9. The van der Waals surface area contributed by atoms with Gasteiger partial charge in [0.15, 0.2) is 5.84 Å². The van der Waals surface area contributed by atoms with Crippen molar-refractivity contribution in [1.82, 2.24) is 9.78 Å². The number of hydrogen-bond donors (Lipinski definition) is 2. The lowest BCUT2D eigenvalue weighted by Gasteiger charge is -2.08. The van der Waals surface area contributed by atoms with Crippen LogP contribution in [-0.2, 0) is 7.05 Å². The summed E-state index contributed by atoms with van der Waals surface area (Å²) in [6.45, 7) is 1.71. The van der Waals surface area contributed by atoms with Gasteiger partial charge in [0.05, 0.1) is 10.2 Å². The van der Waals surface area contributed by atoms with Crippen LogP contribution < -0.4 is 10.5 Å². The summed E-state index contributed by atoms with van der Waals surface area (Å²) >= 11 is 3.08. The molecule has 0 saturated carbocycles. The van der Waals surface area contributed by atoms with Crippen LogP contribution in [0.4, 0.5) is 4.39 Å². The molecule has 0 atom stereocenters. The number of hydrogen-bond acceptors (Lipinski definition) is 4. The van der Waals surface area contributed by atoms with Crippen molar-refractivity contribution in [2.75, 3.05) is 0 Å². The third kappa shape index (κ3) is 2.60. The van der Waals surface area contributed by atoms with Gasteiger partial charge in [-0.05, 0) is 41.1 Å². The van der Waals surface area contributed by atoms with Gasteiger partial charge in [0.25, 0.3) is 0 Å². The molecule has 0 aliphatic heterocycles. The highest BCUT2D eigenvalue weighted by Crippen LogP contribution is 2.29. The molecule has 106 valence electrons. The molecule has 0 unspecified atom stereocenters. The van der Waals surface area contributed by atoms with Gasteiger partial charge in [-0.15, -0.1) is 0 Å². The topological polar surface area (TPSA) is 85.7 Å². The van der Waals surface area contributed by atoms with Crippen molar-refractivity contribution in [3.63, 3.8) is 0 Å². The van der Waals surface area contributed by atoms with Crippen LogP contribution in [0.1, 0.15) is 11.3 Å². The monoisotopic (exact) mass is 342 g/mol. The van der Waals surface area contributed by atoms with E-state index in [-0.39, 0.29) is 10.3 Å². The molecule has 0 saturated heterocycles. The van der Waals surface area contributed by atoms with Gasteiger partial charge in [-0.1, -0.05) is 5.16 Å². The second-order valence-electron chi connectivity index (χ2n) is 4.05. The number of nitrogens with two attached hydrogens (primary N) is 1. The lowest BCUT2D eigenvalue weighted by atomic mass is 10.2. The number of oxime groups is 1. The van der Waals surface area contributed by atoms with E-state index in [4.69, 9.17) is 15.7 Å². The predicted molar refractivity (Wildman–Crippen MR) is 74.6 cm³/mol. The smallest absolute Gasteiger partial charge is 0.229 e. The van der Waals surface area contributed by atoms with Gasteiger partial charge in [0.1, 0.15) is 17.1 Å². The van der Waals surface area contributed by atoms with E-state index in [9.17, 15) is 4.39 Å². The summed E-state index contributed by atoms with van der Waals surface area (Å²) < 4.78 is 20.6. The Morgan fingerprint density at radius 3 is 2.85 bits per heavy atom. The number of halogens is 2. The minimum absolute atomic E-state index is 0.105. The normalized spacial score (nSPS) is 11.7. The van der Waals surface area contributed by atoms with Crippen LogP contribution in [0.15, 0.2) is 27.8 Å². The Bertz CT molecular complexity index is 684. The third-order valence-electron chi connectivity index (χ3n) is 2.64. The Labute approximate surface area is 122 Å². The highest BCUT2D eigenvalue weighted by Gasteiger charge is 2.19. The maximum absolute atomic E-state index is 13.2. The summed E-state index contributed by atoms with van der Waals surface area (Å²) in [6.07, 6.45) is 0. The molecular formula is C12H12BrFN4O2. The van der Waals surface area contributed by atoms with Crippen LogP contribution in [0.5, 0.6) is 11.6 Å². The lowest BCUT2D eigenvalue weighted by Crippen LogP contribution is -2.15. The Balaban J connectivity index is 2.45. The molecule has 1 aromatic heterocycles. The Morgan fingerprint density at radius 2 is 2.25 bits per heavy atom. The zero-order valence-electron chi connectivity index (χ0n) is 10.8. The van der Waals surface area contributed by atoms with Gasteiger partial charge in [-0.2, -0.15) is 5.10 Å². The molecular weight excluding hydrogens is 331 g/mol. The first-order valence-corrected chi connectivity index (χ1v) is 6.37. The zero-order valence-corrected chi connectivity index (χ0v) is 12.3. The SMILES string of the molecule is Cc1nn(C)c(Oc2ccc(F)c(Br)c2)c1/C(N)=N/O. The van der Waals surface area contributed by atoms with E-state index in [1.807, 2.05) is 0 Å². The minimum atomic E-state index is -0.393. The minimum Gasteiger partial charge on any atom is -0.438 e. The van der Waals surface area contributed by atoms with Crippen molar-refractivity contribution in [2.45, 2.75) is 6.92 Å². The first-order chi connectivity index (χ1) is 9.43. The molecule has 8 heteroatoms. The maximum Gasteiger partial charge on any atom is 0.229 e. The molecule has 20 heavy (non-hydrogen) atoms. The van der Waals surface area contributed by atoms with Gasteiger partial charge in [-0.3, -0.25) is 0 Å². The van der Waals surface area contributed by atoms with Crippen LogP contribution in [0.3, 0.4) is 0 Å². The maximum atomic E-state index is 13.2. The summed E-state index contributed by atoms with van der Waals surface area (Å²) in [5.41, 5.74) is 6.55. The lowest BCUT2D eigenvalue weighted by molar-refractivity contribution is 0.318. The molecule has 3 N–H and O–H groups in total. The van der Waals surface area contributed by atoms with Crippen LogP contribution >= 0.6 is 15.9 Å². The molecule has 0 aliphatic rings. The Hall–Kier alpha value is -2.09. The molecule has 0 amide bonds. The van der Waals surface area contributed by atoms with Crippen molar-refractivity contribution in [3.05, 3.63) is 39.7 Å². The van der Waals surface area contributed by atoms with Gasteiger partial charge in [-0.25, -0.2) is 9.07 Å². The number of aromatic nitrogens is 2. The quantitative estimate of drug-likeness (QED) is 0.388. The molecule has 6 nitrogen and oxygen atoms in total. The molecule has 0 aliphatic carbocycles. The standard InChI is InChI=1S/C12H12BrFN4O2/c1-6-10(11(15)17-19)12(18(2)16-6)20-7-3-4-9(14)8(13)5-7/h3-5,19H,1-2H3,(H2,15,17). The summed E-state index contributed by atoms with van der Waals surface area (Å²) in [6, 6.07) is 4.22. The average molecular weight is 343 g/mol. The van der Waals surface area contributed by atoms with E-state index >= 15 is 0 Å². The molecule has 1 aromatic carbocycles. The molecule has 0 fully saturated rings. The third-order valence-corrected chi connectivity index (χ3v) is 3.25. The molecule has 0 spiro atoms. The largest absolute Gasteiger partial charge is 0.438 e. The summed E-state index contributed by atoms with van der Waals surface area (Å²) in [5.74, 6) is 0.201. The Morgan fingerprint density at radius 1 is 1.55 bits per heavy atom. The van der Waals surface area contributed by atoms with Gasteiger partial charge < -0.3 is 15.7 Å². The molecule has 0 bridgehead atoms. The van der Waals surface area contributed by atoms with Gasteiger partial charge in [0, 0.05) is 7.05 Å². The van der Waals surface area contributed by atoms with E-state index in [1.165, 1.54) is 22.9 Å². The fraction of sp³-hybridized carbons (Fsp3) is 0.167. The number of benzene rings is 1. The highest BCUT2D eigenvalue weighted by molar-refractivity contribution is 9.10. The van der Waals surface area contributed by atoms with Crippen LogP contribution in [0.25, 0.3) is 0 Å². The Kier molecular flexibility index (Phi) is 3.93. The zero-order chi connectivity index (χ0) is 14.9. The van der Waals surface area contributed by atoms with Crippen molar-refractivity contribution in [2.24, 2.45) is 17.9 Å². The number of nitrogens with zero attached hydrogens (tertiary/aromatic N) is 3.